The van der Waals surface area contributed by atoms with E-state index in [0.717, 1.165) is 36.5 Å². The largest absolute Gasteiger partial charge is 0.378 e. The van der Waals surface area contributed by atoms with Gasteiger partial charge in [0.2, 0.25) is 0 Å². The number of hydrogen-bond acceptors (Lipinski definition) is 2. The van der Waals surface area contributed by atoms with Crippen LogP contribution in [-0.2, 0) is 4.74 Å². The molecular weight excluding hydrogens is 234 g/mol. The molecule has 0 aromatic heterocycles. The van der Waals surface area contributed by atoms with Crippen molar-refractivity contribution in [1.29, 1.82) is 0 Å². The molecule has 2 N–H and O–H groups in total. The van der Waals surface area contributed by atoms with E-state index in [1.165, 1.54) is 0 Å². The lowest BCUT2D eigenvalue weighted by molar-refractivity contribution is -0.0282. The Morgan fingerprint density at radius 3 is 2.88 bits per heavy atom. The van der Waals surface area contributed by atoms with Gasteiger partial charge in [-0.05, 0) is 49.8 Å². The zero-order valence-electron chi connectivity index (χ0n) is 10.2. The van der Waals surface area contributed by atoms with Crippen LogP contribution >= 0.6 is 11.6 Å². The van der Waals surface area contributed by atoms with Gasteiger partial charge < -0.3 is 10.5 Å². The summed E-state index contributed by atoms with van der Waals surface area (Å²) in [5.41, 5.74) is 7.33. The van der Waals surface area contributed by atoms with E-state index in [1.807, 2.05) is 25.1 Å². The van der Waals surface area contributed by atoms with Crippen LogP contribution in [0.15, 0.2) is 24.3 Å². The lowest BCUT2D eigenvalue weighted by atomic mass is 9.77. The molecule has 1 saturated carbocycles. The summed E-state index contributed by atoms with van der Waals surface area (Å²) in [6, 6.07) is 7.95. The summed E-state index contributed by atoms with van der Waals surface area (Å²) in [5, 5.41) is 0.763. The highest BCUT2D eigenvalue weighted by Crippen LogP contribution is 2.36. The molecule has 2 rings (SSSR count). The Bertz CT molecular complexity index is 363. The van der Waals surface area contributed by atoms with E-state index in [2.05, 4.69) is 6.07 Å². The fraction of sp³-hybridized carbons (Fsp3) is 0.571. The second-order valence-corrected chi connectivity index (χ2v) is 5.25. The van der Waals surface area contributed by atoms with Crippen LogP contribution in [0.3, 0.4) is 0 Å². The van der Waals surface area contributed by atoms with Crippen molar-refractivity contribution < 1.29 is 4.74 Å². The molecule has 0 heterocycles. The van der Waals surface area contributed by atoms with Crippen LogP contribution in [0, 0.1) is 5.92 Å². The zero-order valence-corrected chi connectivity index (χ0v) is 11.0. The lowest BCUT2D eigenvalue weighted by Crippen LogP contribution is -2.33. The number of benzene rings is 1. The van der Waals surface area contributed by atoms with Gasteiger partial charge in [0.05, 0.1) is 6.10 Å². The molecule has 0 spiro atoms. The summed E-state index contributed by atoms with van der Waals surface area (Å²) in [5.74, 6) is 0.709. The molecule has 0 radical (unpaired) electrons. The van der Waals surface area contributed by atoms with Crippen LogP contribution in [0.25, 0.3) is 0 Å². The van der Waals surface area contributed by atoms with E-state index in [4.69, 9.17) is 22.1 Å². The van der Waals surface area contributed by atoms with Crippen LogP contribution in [0.4, 0.5) is 0 Å². The molecule has 1 aromatic carbocycles. The molecule has 3 heteroatoms. The summed E-state index contributed by atoms with van der Waals surface area (Å²) in [4.78, 5) is 0. The normalized spacial score (nSPS) is 25.4. The van der Waals surface area contributed by atoms with Crippen molar-refractivity contribution in [3.05, 3.63) is 34.9 Å². The summed E-state index contributed by atoms with van der Waals surface area (Å²) in [6.45, 7) is 2.86. The van der Waals surface area contributed by atoms with Gasteiger partial charge in [0, 0.05) is 17.7 Å². The third-order valence-electron chi connectivity index (χ3n) is 3.46. The van der Waals surface area contributed by atoms with Gasteiger partial charge in [0.15, 0.2) is 0 Å². The minimum atomic E-state index is 0.0984. The summed E-state index contributed by atoms with van der Waals surface area (Å²) in [7, 11) is 0. The molecule has 1 aliphatic carbocycles. The standard InChI is InChI=1S/C14H20ClNO/c1-2-17-13-6-10(7-13)8-14(16)11-4-3-5-12(15)9-11/h3-5,9-10,13-14H,2,6-8,16H2,1H3. The fourth-order valence-electron chi connectivity index (χ4n) is 2.47. The SMILES string of the molecule is CCOC1CC(CC(N)c2cccc(Cl)c2)C1. The molecule has 1 fully saturated rings. The number of ether oxygens (including phenoxy) is 1. The lowest BCUT2D eigenvalue weighted by Gasteiger charge is -2.36. The first kappa shape index (κ1) is 12.9. The molecule has 0 bridgehead atoms. The first-order valence-electron chi connectivity index (χ1n) is 6.31. The molecule has 17 heavy (non-hydrogen) atoms. The summed E-state index contributed by atoms with van der Waals surface area (Å²) >= 11 is 5.96. The highest BCUT2D eigenvalue weighted by molar-refractivity contribution is 6.30. The molecule has 0 amide bonds. The Balaban J connectivity index is 1.80. The maximum Gasteiger partial charge on any atom is 0.0580 e. The van der Waals surface area contributed by atoms with E-state index < -0.39 is 0 Å². The smallest absolute Gasteiger partial charge is 0.0580 e. The molecule has 0 saturated heterocycles. The van der Waals surface area contributed by atoms with Crippen LogP contribution in [0.5, 0.6) is 0 Å². The van der Waals surface area contributed by atoms with Gasteiger partial charge in [0.1, 0.15) is 0 Å². The van der Waals surface area contributed by atoms with E-state index in [-0.39, 0.29) is 6.04 Å². The van der Waals surface area contributed by atoms with Crippen molar-refractivity contribution in [2.24, 2.45) is 11.7 Å². The van der Waals surface area contributed by atoms with Crippen molar-refractivity contribution in [2.45, 2.75) is 38.3 Å². The minimum Gasteiger partial charge on any atom is -0.378 e. The number of nitrogens with two attached hydrogens (primary N) is 1. The molecule has 1 atom stereocenters. The highest BCUT2D eigenvalue weighted by Gasteiger charge is 2.30. The predicted molar refractivity (Wildman–Crippen MR) is 71.1 cm³/mol. The van der Waals surface area contributed by atoms with E-state index in [9.17, 15) is 0 Å². The van der Waals surface area contributed by atoms with Gasteiger partial charge in [-0.1, -0.05) is 23.7 Å². The Morgan fingerprint density at radius 1 is 1.47 bits per heavy atom. The van der Waals surface area contributed by atoms with E-state index >= 15 is 0 Å². The van der Waals surface area contributed by atoms with Crippen LogP contribution in [0.1, 0.15) is 37.8 Å². The maximum absolute atomic E-state index is 6.19. The quantitative estimate of drug-likeness (QED) is 0.871. The van der Waals surface area contributed by atoms with Crippen molar-refractivity contribution in [3.63, 3.8) is 0 Å². The van der Waals surface area contributed by atoms with E-state index in [0.29, 0.717) is 12.0 Å². The first-order valence-corrected chi connectivity index (χ1v) is 6.69. The first-order chi connectivity index (χ1) is 8.19. The predicted octanol–water partition coefficient (Wildman–Crippen LogP) is 3.55. The van der Waals surface area contributed by atoms with E-state index in [1.54, 1.807) is 0 Å². The van der Waals surface area contributed by atoms with Gasteiger partial charge in [0.25, 0.3) is 0 Å². The average molecular weight is 254 g/mol. The third-order valence-corrected chi connectivity index (χ3v) is 3.69. The monoisotopic (exact) mass is 253 g/mol. The molecule has 0 aliphatic heterocycles. The number of halogens is 1. The molecule has 1 aromatic rings. The molecule has 1 aliphatic rings. The van der Waals surface area contributed by atoms with Gasteiger partial charge >= 0.3 is 0 Å². The van der Waals surface area contributed by atoms with Gasteiger partial charge in [-0.2, -0.15) is 0 Å². The topological polar surface area (TPSA) is 35.2 Å². The summed E-state index contributed by atoms with van der Waals surface area (Å²) in [6.07, 6.45) is 3.81. The minimum absolute atomic E-state index is 0.0984. The average Bonchev–Trinajstić information content (AvgIpc) is 2.26. The number of rotatable bonds is 5. The Labute approximate surface area is 108 Å². The van der Waals surface area contributed by atoms with Crippen LogP contribution in [-0.4, -0.2) is 12.7 Å². The molecule has 94 valence electrons. The Morgan fingerprint density at radius 2 is 2.24 bits per heavy atom. The second kappa shape index (κ2) is 5.85. The Hall–Kier alpha value is -0.570. The van der Waals surface area contributed by atoms with Gasteiger partial charge in [-0.3, -0.25) is 0 Å². The fourth-order valence-corrected chi connectivity index (χ4v) is 2.67. The van der Waals surface area contributed by atoms with Crippen LogP contribution < -0.4 is 5.73 Å². The van der Waals surface area contributed by atoms with Crippen LogP contribution in [0.2, 0.25) is 5.02 Å². The van der Waals surface area contributed by atoms with Crippen molar-refractivity contribution in [1.82, 2.24) is 0 Å². The maximum atomic E-state index is 6.19. The zero-order chi connectivity index (χ0) is 12.3. The molecular formula is C14H20ClNO. The van der Waals surface area contributed by atoms with Gasteiger partial charge in [-0.25, -0.2) is 0 Å². The summed E-state index contributed by atoms with van der Waals surface area (Å²) < 4.78 is 5.55. The molecule has 1 unspecified atom stereocenters. The second-order valence-electron chi connectivity index (χ2n) is 4.81. The number of hydrogen-bond donors (Lipinski definition) is 1. The third kappa shape index (κ3) is 3.44. The van der Waals surface area contributed by atoms with Crippen molar-refractivity contribution >= 4 is 11.6 Å². The highest BCUT2D eigenvalue weighted by atomic mass is 35.5. The van der Waals surface area contributed by atoms with Gasteiger partial charge in [-0.15, -0.1) is 0 Å². The van der Waals surface area contributed by atoms with Crippen molar-refractivity contribution in [3.8, 4) is 0 Å². The Kier molecular flexibility index (Phi) is 4.43. The molecule has 2 nitrogen and oxygen atoms in total. The van der Waals surface area contributed by atoms with Crippen molar-refractivity contribution in [2.75, 3.05) is 6.61 Å².